The number of nitrogens with one attached hydrogen (secondary N) is 1. The molecule has 4 rings (SSSR count). The number of carbonyl (C=O) groups is 1. The van der Waals surface area contributed by atoms with Crippen LogP contribution in [0, 0.1) is 5.82 Å². The lowest BCUT2D eigenvalue weighted by molar-refractivity contribution is 0.104. The van der Waals surface area contributed by atoms with Crippen LogP contribution in [0.1, 0.15) is 35.7 Å². The number of anilines is 1. The minimum Gasteiger partial charge on any atom is -0.288 e. The molecule has 0 amide bonds. The summed E-state index contributed by atoms with van der Waals surface area (Å²) in [6, 6.07) is 14.0. The molecule has 1 N–H and O–H groups in total. The molecule has 0 fully saturated rings. The second-order valence-corrected chi connectivity index (χ2v) is 9.16. The topological polar surface area (TPSA) is 93.4 Å². The molecule has 2 heterocycles. The Morgan fingerprint density at radius 3 is 2.66 bits per heavy atom. The van der Waals surface area contributed by atoms with Crippen LogP contribution in [0.5, 0.6) is 0 Å². The van der Waals surface area contributed by atoms with E-state index in [4.69, 9.17) is 0 Å². The standard InChI is InChI=1S/C23H21FN4O3S/c1-2-3-13-32(30,31)27-19-6-4-5-17(14-19)21-11-12-25-23-20(15-26-28(21)23)22(29)16-7-9-18(24)10-8-16/h4-12,14-15,27H,2-3,13H2,1H3. The van der Waals surface area contributed by atoms with Crippen LogP contribution in [-0.4, -0.2) is 34.6 Å². The van der Waals surface area contributed by atoms with Gasteiger partial charge in [-0.05, 0) is 48.9 Å². The van der Waals surface area contributed by atoms with Gasteiger partial charge in [0.1, 0.15) is 5.82 Å². The Labute approximate surface area is 185 Å². The van der Waals surface area contributed by atoms with Crippen molar-refractivity contribution in [1.82, 2.24) is 14.6 Å². The number of hydrogen-bond donors (Lipinski definition) is 1. The van der Waals surface area contributed by atoms with Crippen LogP contribution in [0.25, 0.3) is 16.9 Å². The summed E-state index contributed by atoms with van der Waals surface area (Å²) in [6.45, 7) is 1.93. The van der Waals surface area contributed by atoms with Crippen LogP contribution in [0.2, 0.25) is 0 Å². The van der Waals surface area contributed by atoms with Crippen molar-refractivity contribution in [2.75, 3.05) is 10.5 Å². The van der Waals surface area contributed by atoms with E-state index in [1.165, 1.54) is 35.0 Å². The van der Waals surface area contributed by atoms with Gasteiger partial charge in [-0.25, -0.2) is 22.3 Å². The number of unbranched alkanes of at least 4 members (excludes halogenated alkanes) is 1. The Morgan fingerprint density at radius 1 is 1.12 bits per heavy atom. The molecule has 2 aromatic heterocycles. The van der Waals surface area contributed by atoms with E-state index in [0.29, 0.717) is 34.6 Å². The van der Waals surface area contributed by atoms with Crippen molar-refractivity contribution < 1.29 is 17.6 Å². The van der Waals surface area contributed by atoms with Crippen molar-refractivity contribution in [2.24, 2.45) is 0 Å². The molecule has 0 saturated carbocycles. The smallest absolute Gasteiger partial charge is 0.232 e. The highest BCUT2D eigenvalue weighted by Crippen LogP contribution is 2.25. The van der Waals surface area contributed by atoms with Gasteiger partial charge in [0.05, 0.1) is 23.2 Å². The van der Waals surface area contributed by atoms with Gasteiger partial charge in [-0.15, -0.1) is 0 Å². The van der Waals surface area contributed by atoms with Crippen LogP contribution in [-0.2, 0) is 10.0 Å². The molecule has 164 valence electrons. The average Bonchev–Trinajstić information content (AvgIpc) is 3.22. The minimum atomic E-state index is -3.44. The molecule has 0 saturated heterocycles. The number of rotatable bonds is 8. The van der Waals surface area contributed by atoms with E-state index in [1.54, 1.807) is 30.5 Å². The monoisotopic (exact) mass is 452 g/mol. The number of hydrogen-bond acceptors (Lipinski definition) is 5. The summed E-state index contributed by atoms with van der Waals surface area (Å²) < 4.78 is 41.8. The maximum absolute atomic E-state index is 13.2. The summed E-state index contributed by atoms with van der Waals surface area (Å²) in [4.78, 5) is 17.2. The van der Waals surface area contributed by atoms with Crippen molar-refractivity contribution in [3.05, 3.63) is 83.9 Å². The van der Waals surface area contributed by atoms with Gasteiger partial charge in [-0.2, -0.15) is 5.10 Å². The van der Waals surface area contributed by atoms with Crippen molar-refractivity contribution in [2.45, 2.75) is 19.8 Å². The van der Waals surface area contributed by atoms with E-state index < -0.39 is 15.8 Å². The van der Waals surface area contributed by atoms with Gasteiger partial charge in [0.2, 0.25) is 10.0 Å². The predicted molar refractivity (Wildman–Crippen MR) is 121 cm³/mol. The van der Waals surface area contributed by atoms with Gasteiger partial charge >= 0.3 is 0 Å². The number of ketones is 1. The van der Waals surface area contributed by atoms with Crippen LogP contribution in [0.4, 0.5) is 10.1 Å². The first kappa shape index (κ1) is 21.6. The lowest BCUT2D eigenvalue weighted by atomic mass is 10.1. The highest BCUT2D eigenvalue weighted by molar-refractivity contribution is 7.92. The zero-order valence-electron chi connectivity index (χ0n) is 17.3. The van der Waals surface area contributed by atoms with E-state index in [1.807, 2.05) is 13.0 Å². The first-order valence-electron chi connectivity index (χ1n) is 10.1. The van der Waals surface area contributed by atoms with Gasteiger partial charge in [0.15, 0.2) is 11.4 Å². The molecule has 0 radical (unpaired) electrons. The van der Waals surface area contributed by atoms with Gasteiger partial charge in [0.25, 0.3) is 0 Å². The van der Waals surface area contributed by atoms with E-state index in [0.717, 1.165) is 6.42 Å². The molecule has 0 atom stereocenters. The Kier molecular flexibility index (Phi) is 6.00. The van der Waals surface area contributed by atoms with Crippen molar-refractivity contribution in [1.29, 1.82) is 0 Å². The summed E-state index contributed by atoms with van der Waals surface area (Å²) in [7, 11) is -3.44. The van der Waals surface area contributed by atoms with Crippen LogP contribution in [0.15, 0.2) is 67.0 Å². The molecule has 0 aliphatic rings. The summed E-state index contributed by atoms with van der Waals surface area (Å²) in [5.74, 6) is -0.685. The molecule has 0 aliphatic heterocycles. The number of nitrogens with zero attached hydrogens (tertiary/aromatic N) is 3. The Bertz CT molecular complexity index is 1380. The van der Waals surface area contributed by atoms with E-state index in [2.05, 4.69) is 14.8 Å². The first-order valence-corrected chi connectivity index (χ1v) is 11.8. The van der Waals surface area contributed by atoms with Gasteiger partial charge < -0.3 is 0 Å². The third kappa shape index (κ3) is 4.52. The molecule has 4 aromatic rings. The highest BCUT2D eigenvalue weighted by atomic mass is 32.2. The number of benzene rings is 2. The molecule has 0 unspecified atom stereocenters. The molecule has 32 heavy (non-hydrogen) atoms. The average molecular weight is 453 g/mol. The normalized spacial score (nSPS) is 11.6. The van der Waals surface area contributed by atoms with Gasteiger partial charge in [-0.1, -0.05) is 25.5 Å². The largest absolute Gasteiger partial charge is 0.288 e. The lowest BCUT2D eigenvalue weighted by Gasteiger charge is -2.10. The summed E-state index contributed by atoms with van der Waals surface area (Å²) in [5.41, 5.74) is 2.76. The van der Waals surface area contributed by atoms with Crippen molar-refractivity contribution in [3.63, 3.8) is 0 Å². The predicted octanol–water partition coefficient (Wildman–Crippen LogP) is 4.31. The Balaban J connectivity index is 1.69. The third-order valence-corrected chi connectivity index (χ3v) is 6.32. The van der Waals surface area contributed by atoms with Crippen LogP contribution in [0.3, 0.4) is 0 Å². The second kappa shape index (κ2) is 8.88. The molecular formula is C23H21FN4O3S. The molecule has 0 spiro atoms. The second-order valence-electron chi connectivity index (χ2n) is 7.32. The fourth-order valence-electron chi connectivity index (χ4n) is 3.33. The molecule has 2 aromatic carbocycles. The van der Waals surface area contributed by atoms with Crippen LogP contribution < -0.4 is 4.72 Å². The van der Waals surface area contributed by atoms with Crippen molar-refractivity contribution >= 4 is 27.1 Å². The number of fused-ring (bicyclic) bond motifs is 1. The van der Waals surface area contributed by atoms with E-state index >= 15 is 0 Å². The Hall–Kier alpha value is -3.59. The number of carbonyl (C=O) groups excluding carboxylic acids is 1. The molecule has 0 aliphatic carbocycles. The minimum absolute atomic E-state index is 0.0568. The van der Waals surface area contributed by atoms with Crippen molar-refractivity contribution in [3.8, 4) is 11.3 Å². The lowest BCUT2D eigenvalue weighted by Crippen LogP contribution is -2.16. The summed E-state index contributed by atoms with van der Waals surface area (Å²) in [5, 5.41) is 4.32. The van der Waals surface area contributed by atoms with Gasteiger partial charge in [-0.3, -0.25) is 9.52 Å². The fraction of sp³-hybridized carbons (Fsp3) is 0.174. The fourth-order valence-corrected chi connectivity index (χ4v) is 4.59. The maximum Gasteiger partial charge on any atom is 0.232 e. The maximum atomic E-state index is 13.2. The zero-order chi connectivity index (χ0) is 22.7. The summed E-state index contributed by atoms with van der Waals surface area (Å²) in [6.07, 6.45) is 4.35. The molecule has 9 heteroatoms. The van der Waals surface area contributed by atoms with Crippen LogP contribution >= 0.6 is 0 Å². The van der Waals surface area contributed by atoms with E-state index in [9.17, 15) is 17.6 Å². The highest BCUT2D eigenvalue weighted by Gasteiger charge is 2.18. The zero-order valence-corrected chi connectivity index (χ0v) is 18.1. The number of sulfonamides is 1. The third-order valence-electron chi connectivity index (χ3n) is 4.95. The Morgan fingerprint density at radius 2 is 1.91 bits per heavy atom. The van der Waals surface area contributed by atoms with Gasteiger partial charge in [0, 0.05) is 23.0 Å². The summed E-state index contributed by atoms with van der Waals surface area (Å²) >= 11 is 0. The van der Waals surface area contributed by atoms with E-state index in [-0.39, 0.29) is 17.1 Å². The molecular weight excluding hydrogens is 431 g/mol. The SMILES string of the molecule is CCCCS(=O)(=O)Nc1cccc(-c2ccnc3c(C(=O)c4ccc(F)cc4)cnn23)c1. The molecule has 0 bridgehead atoms. The number of halogens is 1. The number of aromatic nitrogens is 3. The first-order chi connectivity index (χ1) is 15.4. The quantitative estimate of drug-likeness (QED) is 0.402. The molecule has 7 nitrogen and oxygen atoms in total.